The first-order valence-corrected chi connectivity index (χ1v) is 20.1. The third kappa shape index (κ3) is 5.63. The Morgan fingerprint density at radius 2 is 1.14 bits per heavy atom. The van der Waals surface area contributed by atoms with E-state index in [0.717, 1.165) is 34.1 Å². The van der Waals surface area contributed by atoms with Crippen LogP contribution >= 0.6 is 0 Å². The first kappa shape index (κ1) is 34.1. The van der Waals surface area contributed by atoms with Gasteiger partial charge in [-0.3, -0.25) is 4.57 Å². The molecule has 0 saturated carbocycles. The lowest BCUT2D eigenvalue weighted by Crippen LogP contribution is -2.15. The first-order chi connectivity index (χ1) is 28.5. The molecule has 9 aromatic rings. The maximum Gasteiger partial charge on any atom is 0.238 e. The van der Waals surface area contributed by atoms with Crippen molar-refractivity contribution in [1.29, 1.82) is 0 Å². The fraction of sp³-hybridized carbons (Fsp3) is 0.0926. The van der Waals surface area contributed by atoms with Crippen molar-refractivity contribution in [2.75, 3.05) is 0 Å². The summed E-state index contributed by atoms with van der Waals surface area (Å²) in [5, 5.41) is 2.36. The third-order valence-electron chi connectivity index (χ3n) is 12.2. The van der Waals surface area contributed by atoms with Gasteiger partial charge in [-0.15, -0.1) is 0 Å². The van der Waals surface area contributed by atoms with Crippen molar-refractivity contribution >= 4 is 21.8 Å². The zero-order valence-corrected chi connectivity index (χ0v) is 32.5. The highest BCUT2D eigenvalue weighted by atomic mass is 15.2. The molecule has 4 heteroatoms. The topological polar surface area (TPSA) is 43.6 Å². The average Bonchev–Trinajstić information content (AvgIpc) is 3.74. The summed E-state index contributed by atoms with van der Waals surface area (Å²) in [6, 6.07) is 58.8. The Morgan fingerprint density at radius 1 is 0.483 bits per heavy atom. The molecule has 0 aliphatic heterocycles. The molecular formula is C54H40N4. The van der Waals surface area contributed by atoms with E-state index in [-0.39, 0.29) is 5.41 Å². The number of allylic oxidation sites excluding steroid dienone is 4. The number of hydrogen-bond donors (Lipinski definition) is 0. The van der Waals surface area contributed by atoms with Gasteiger partial charge in [0.15, 0.2) is 11.6 Å². The van der Waals surface area contributed by atoms with Crippen molar-refractivity contribution in [2.24, 2.45) is 0 Å². The van der Waals surface area contributed by atoms with Crippen molar-refractivity contribution in [3.05, 3.63) is 205 Å². The van der Waals surface area contributed by atoms with Gasteiger partial charge in [-0.25, -0.2) is 4.98 Å². The number of benzene rings is 7. The fourth-order valence-electron chi connectivity index (χ4n) is 9.18. The second kappa shape index (κ2) is 13.5. The van der Waals surface area contributed by atoms with Crippen LogP contribution in [0.15, 0.2) is 188 Å². The van der Waals surface area contributed by atoms with E-state index in [2.05, 4.69) is 188 Å². The smallest absolute Gasteiger partial charge is 0.238 e. The molecule has 0 spiro atoms. The quantitative estimate of drug-likeness (QED) is 0.170. The van der Waals surface area contributed by atoms with Crippen LogP contribution in [-0.2, 0) is 5.41 Å². The van der Waals surface area contributed by atoms with Crippen LogP contribution in [0.2, 0.25) is 0 Å². The molecule has 2 aromatic heterocycles. The summed E-state index contributed by atoms with van der Waals surface area (Å²) in [4.78, 5) is 15.8. The normalized spacial score (nSPS) is 15.2. The first-order valence-electron chi connectivity index (χ1n) is 20.1. The van der Waals surface area contributed by atoms with Gasteiger partial charge in [-0.05, 0) is 86.8 Å². The third-order valence-corrected chi connectivity index (χ3v) is 12.2. The molecule has 2 aliphatic carbocycles. The zero-order chi connectivity index (χ0) is 38.8. The standard InChI is InChI=1S/C54H40N4/c1-54(2)47-27-14-12-25-43(47)45-33-46-44-26-13-15-28-49(44)58(50(46)34-48(45)54)53-56-51(37-21-10-5-11-22-37)55-52(57-53)39-24-16-23-38(29-39)42-31-40(35-17-6-3-7-18-35)30-41(32-42)36-19-8-4-9-20-36/h3-19,21-34,36H,20H2,1-2H3. The van der Waals surface area contributed by atoms with E-state index in [1.165, 1.54) is 55.3 Å². The van der Waals surface area contributed by atoms with E-state index in [1.807, 2.05) is 18.2 Å². The van der Waals surface area contributed by atoms with E-state index >= 15 is 0 Å². The molecule has 1 atom stereocenters. The number of hydrogen-bond acceptors (Lipinski definition) is 3. The summed E-state index contributed by atoms with van der Waals surface area (Å²) in [5.74, 6) is 2.18. The minimum absolute atomic E-state index is 0.150. The minimum atomic E-state index is -0.150. The number of rotatable bonds is 6. The van der Waals surface area contributed by atoms with Gasteiger partial charge < -0.3 is 0 Å². The van der Waals surface area contributed by atoms with Gasteiger partial charge in [-0.1, -0.05) is 172 Å². The predicted octanol–water partition coefficient (Wildman–Crippen LogP) is 13.5. The average molecular weight is 745 g/mol. The molecule has 0 fully saturated rings. The second-order valence-electron chi connectivity index (χ2n) is 16.0. The highest BCUT2D eigenvalue weighted by Crippen LogP contribution is 2.51. The highest BCUT2D eigenvalue weighted by Gasteiger charge is 2.36. The Kier molecular flexibility index (Phi) is 7.94. The molecule has 58 heavy (non-hydrogen) atoms. The predicted molar refractivity (Wildman–Crippen MR) is 239 cm³/mol. The molecule has 0 saturated heterocycles. The molecule has 0 N–H and O–H groups in total. The molecule has 4 nitrogen and oxygen atoms in total. The summed E-state index contributed by atoms with van der Waals surface area (Å²) in [6.45, 7) is 4.67. The van der Waals surface area contributed by atoms with Gasteiger partial charge in [0.1, 0.15) is 0 Å². The van der Waals surface area contributed by atoms with Crippen molar-refractivity contribution < 1.29 is 0 Å². The molecular weight excluding hydrogens is 705 g/mol. The largest absolute Gasteiger partial charge is 0.278 e. The molecule has 0 radical (unpaired) electrons. The maximum atomic E-state index is 5.36. The Labute approximate surface area is 338 Å². The maximum absolute atomic E-state index is 5.36. The fourth-order valence-corrected chi connectivity index (χ4v) is 9.18. The van der Waals surface area contributed by atoms with Crippen LogP contribution in [0.25, 0.3) is 83.9 Å². The molecule has 276 valence electrons. The van der Waals surface area contributed by atoms with E-state index in [9.17, 15) is 0 Å². The Balaban J connectivity index is 1.11. The van der Waals surface area contributed by atoms with Crippen LogP contribution in [0.4, 0.5) is 0 Å². The monoisotopic (exact) mass is 744 g/mol. The van der Waals surface area contributed by atoms with Crippen molar-refractivity contribution in [3.63, 3.8) is 0 Å². The summed E-state index contributed by atoms with van der Waals surface area (Å²) in [5.41, 5.74) is 15.1. The lowest BCUT2D eigenvalue weighted by Gasteiger charge is -2.21. The summed E-state index contributed by atoms with van der Waals surface area (Å²) in [6.07, 6.45) is 9.86. The lowest BCUT2D eigenvalue weighted by atomic mass is 9.82. The number of aromatic nitrogens is 4. The molecule has 1 unspecified atom stereocenters. The van der Waals surface area contributed by atoms with Crippen molar-refractivity contribution in [3.8, 4) is 62.1 Å². The minimum Gasteiger partial charge on any atom is -0.278 e. The van der Waals surface area contributed by atoms with Crippen LogP contribution in [0.3, 0.4) is 0 Å². The van der Waals surface area contributed by atoms with E-state index in [4.69, 9.17) is 15.0 Å². The van der Waals surface area contributed by atoms with Gasteiger partial charge in [0.2, 0.25) is 5.95 Å². The summed E-state index contributed by atoms with van der Waals surface area (Å²) >= 11 is 0. The molecule has 7 aromatic carbocycles. The van der Waals surface area contributed by atoms with Crippen LogP contribution in [-0.4, -0.2) is 19.5 Å². The molecule has 0 amide bonds. The molecule has 11 rings (SSSR count). The molecule has 2 aliphatic rings. The van der Waals surface area contributed by atoms with Crippen LogP contribution in [0.5, 0.6) is 0 Å². The van der Waals surface area contributed by atoms with Crippen LogP contribution in [0.1, 0.15) is 42.9 Å². The van der Waals surface area contributed by atoms with E-state index < -0.39 is 0 Å². The van der Waals surface area contributed by atoms with E-state index in [1.54, 1.807) is 0 Å². The van der Waals surface area contributed by atoms with Crippen molar-refractivity contribution in [2.45, 2.75) is 31.6 Å². The van der Waals surface area contributed by atoms with Crippen molar-refractivity contribution in [1.82, 2.24) is 19.5 Å². The van der Waals surface area contributed by atoms with Gasteiger partial charge in [0, 0.05) is 33.2 Å². The van der Waals surface area contributed by atoms with Gasteiger partial charge >= 0.3 is 0 Å². The van der Waals surface area contributed by atoms with Crippen LogP contribution in [0, 0.1) is 0 Å². The Morgan fingerprint density at radius 3 is 1.93 bits per heavy atom. The van der Waals surface area contributed by atoms with E-state index in [0.29, 0.717) is 23.5 Å². The number of fused-ring (bicyclic) bond motifs is 6. The summed E-state index contributed by atoms with van der Waals surface area (Å²) in [7, 11) is 0. The summed E-state index contributed by atoms with van der Waals surface area (Å²) < 4.78 is 2.24. The Hall–Kier alpha value is -7.17. The number of para-hydroxylation sites is 1. The zero-order valence-electron chi connectivity index (χ0n) is 32.5. The highest BCUT2D eigenvalue weighted by molar-refractivity contribution is 6.11. The second-order valence-corrected chi connectivity index (χ2v) is 16.0. The Bertz CT molecular complexity index is 3110. The van der Waals surface area contributed by atoms with Gasteiger partial charge in [-0.2, -0.15) is 9.97 Å². The molecule has 2 heterocycles. The van der Waals surface area contributed by atoms with Gasteiger partial charge in [0.25, 0.3) is 0 Å². The number of nitrogens with zero attached hydrogens (tertiary/aromatic N) is 4. The van der Waals surface area contributed by atoms with Crippen LogP contribution < -0.4 is 0 Å². The lowest BCUT2D eigenvalue weighted by molar-refractivity contribution is 0.661. The van der Waals surface area contributed by atoms with Gasteiger partial charge in [0.05, 0.1) is 11.0 Å². The SMILES string of the molecule is CC1(C)c2ccccc2-c2cc3c4ccccc4n(-c4nc(-c5ccccc5)nc(-c5cccc(-c6cc(-c7ccccc7)cc(C7C=CC=CC7)c6)c5)n4)c3cc21. The molecule has 0 bridgehead atoms.